The van der Waals surface area contributed by atoms with Crippen molar-refractivity contribution in [3.8, 4) is 0 Å². The van der Waals surface area contributed by atoms with E-state index in [-0.39, 0.29) is 25.0 Å². The van der Waals surface area contributed by atoms with Gasteiger partial charge in [-0.3, -0.25) is 10.1 Å². The van der Waals surface area contributed by atoms with Gasteiger partial charge in [0, 0.05) is 13.0 Å². The van der Waals surface area contributed by atoms with E-state index in [4.69, 9.17) is 0 Å². The lowest BCUT2D eigenvalue weighted by molar-refractivity contribution is -0.140. The van der Waals surface area contributed by atoms with E-state index in [1.807, 2.05) is 6.92 Å². The Hall–Kier alpha value is -0.780. The molecule has 1 N–H and O–H groups in total. The van der Waals surface area contributed by atoms with Crippen LogP contribution in [-0.4, -0.2) is 35.2 Å². The zero-order chi connectivity index (χ0) is 13.3. The Bertz CT molecular complexity index is 293. The van der Waals surface area contributed by atoms with E-state index >= 15 is 0 Å². The van der Waals surface area contributed by atoms with Crippen molar-refractivity contribution in [1.82, 2.24) is 10.2 Å². The smallest absolute Gasteiger partial charge is 0.326 e. The lowest BCUT2D eigenvalue weighted by Crippen LogP contribution is -2.43. The molecule has 0 saturated carbocycles. The Kier molecular flexibility index (Phi) is 4.06. The highest BCUT2D eigenvalue weighted by Crippen LogP contribution is 2.26. The molecule has 2 atom stereocenters. The molecular weight excluding hydrogens is 233 g/mol. The first-order chi connectivity index (χ1) is 7.69. The number of nitrogens with zero attached hydrogens (tertiary/aromatic N) is 1. The molecule has 0 spiro atoms. The number of carbonyl (C=O) groups is 1. The molecule has 1 aliphatic rings. The van der Waals surface area contributed by atoms with Crippen molar-refractivity contribution in [2.24, 2.45) is 0 Å². The number of alkyl halides is 3. The summed E-state index contributed by atoms with van der Waals surface area (Å²) in [6.45, 7) is 5.63. The lowest BCUT2D eigenvalue weighted by Gasteiger charge is -2.22. The quantitative estimate of drug-likeness (QED) is 0.832. The van der Waals surface area contributed by atoms with Crippen LogP contribution >= 0.6 is 0 Å². The van der Waals surface area contributed by atoms with Crippen LogP contribution in [0.3, 0.4) is 0 Å². The van der Waals surface area contributed by atoms with Gasteiger partial charge in [-0.1, -0.05) is 6.92 Å². The third-order valence-electron chi connectivity index (χ3n) is 3.29. The van der Waals surface area contributed by atoms with E-state index in [2.05, 4.69) is 5.32 Å². The Morgan fingerprint density at radius 1 is 1.47 bits per heavy atom. The van der Waals surface area contributed by atoms with Gasteiger partial charge in [0.05, 0.1) is 11.7 Å². The molecule has 0 aromatic carbocycles. The molecule has 0 aromatic rings. The molecule has 0 bridgehead atoms. The molecule has 17 heavy (non-hydrogen) atoms. The van der Waals surface area contributed by atoms with E-state index in [1.165, 1.54) is 4.90 Å². The molecular formula is C11H19F3N2O. The molecule has 2 unspecified atom stereocenters. The Morgan fingerprint density at radius 3 is 2.47 bits per heavy atom. The molecule has 3 nitrogen and oxygen atoms in total. The lowest BCUT2D eigenvalue weighted by atomic mass is 9.99. The van der Waals surface area contributed by atoms with E-state index in [1.54, 1.807) is 13.8 Å². The fourth-order valence-electron chi connectivity index (χ4n) is 2.09. The maximum Gasteiger partial charge on any atom is 0.389 e. The first kappa shape index (κ1) is 14.3. The maximum atomic E-state index is 12.0. The van der Waals surface area contributed by atoms with Crippen LogP contribution in [0.2, 0.25) is 0 Å². The van der Waals surface area contributed by atoms with Crippen molar-refractivity contribution in [2.45, 2.75) is 57.9 Å². The third kappa shape index (κ3) is 3.34. The molecule has 100 valence electrons. The normalized spacial score (nSPS) is 30.1. The summed E-state index contributed by atoms with van der Waals surface area (Å²) >= 11 is 0. The van der Waals surface area contributed by atoms with E-state index < -0.39 is 18.1 Å². The average Bonchev–Trinajstić information content (AvgIpc) is 2.41. The molecule has 0 aromatic heterocycles. The summed E-state index contributed by atoms with van der Waals surface area (Å²) in [6.07, 6.45) is -4.59. The molecule has 0 aliphatic carbocycles. The Labute approximate surface area is 99.4 Å². The molecule has 1 fully saturated rings. The van der Waals surface area contributed by atoms with E-state index in [0.29, 0.717) is 6.42 Å². The number of halogens is 3. The second-order valence-electron chi connectivity index (χ2n) is 4.72. The summed E-state index contributed by atoms with van der Waals surface area (Å²) < 4.78 is 36.1. The van der Waals surface area contributed by atoms with Crippen LogP contribution in [0.15, 0.2) is 0 Å². The second kappa shape index (κ2) is 4.84. The zero-order valence-electron chi connectivity index (χ0n) is 10.4. The molecule has 0 radical (unpaired) electrons. The summed E-state index contributed by atoms with van der Waals surface area (Å²) in [7, 11) is 0. The van der Waals surface area contributed by atoms with Gasteiger partial charge >= 0.3 is 6.18 Å². The molecule has 1 saturated heterocycles. The van der Waals surface area contributed by atoms with Crippen molar-refractivity contribution in [1.29, 1.82) is 0 Å². The number of rotatable bonds is 4. The van der Waals surface area contributed by atoms with Crippen LogP contribution in [-0.2, 0) is 4.79 Å². The van der Waals surface area contributed by atoms with E-state index in [9.17, 15) is 18.0 Å². The predicted octanol–water partition coefficient (Wildman–Crippen LogP) is 2.28. The van der Waals surface area contributed by atoms with Crippen molar-refractivity contribution < 1.29 is 18.0 Å². The Morgan fingerprint density at radius 2 is 2.06 bits per heavy atom. The summed E-state index contributed by atoms with van der Waals surface area (Å²) in [4.78, 5) is 13.5. The molecule has 1 heterocycles. The standard InChI is InChI=1S/C11H19F3N2O/c1-4-10(3)9(17)16(8(2)15-10)7-5-6-11(12,13)14/h8,15H,4-7H2,1-3H3. The number of hydrogen-bond acceptors (Lipinski definition) is 2. The summed E-state index contributed by atoms with van der Waals surface area (Å²) in [6, 6.07) is 0. The van der Waals surface area contributed by atoms with Crippen LogP contribution < -0.4 is 5.32 Å². The molecule has 1 aliphatic heterocycles. The number of nitrogens with one attached hydrogen (secondary N) is 1. The van der Waals surface area contributed by atoms with Gasteiger partial charge in [0.2, 0.25) is 5.91 Å². The van der Waals surface area contributed by atoms with Crippen molar-refractivity contribution in [3.05, 3.63) is 0 Å². The van der Waals surface area contributed by atoms with Gasteiger partial charge in [-0.2, -0.15) is 13.2 Å². The second-order valence-corrected chi connectivity index (χ2v) is 4.72. The first-order valence-electron chi connectivity index (χ1n) is 5.85. The van der Waals surface area contributed by atoms with Gasteiger partial charge in [0.1, 0.15) is 0 Å². The fraction of sp³-hybridized carbons (Fsp3) is 0.909. The maximum absolute atomic E-state index is 12.0. The van der Waals surface area contributed by atoms with Gasteiger partial charge < -0.3 is 4.90 Å². The number of hydrogen-bond donors (Lipinski definition) is 1. The van der Waals surface area contributed by atoms with E-state index in [0.717, 1.165) is 0 Å². The molecule has 6 heteroatoms. The van der Waals surface area contributed by atoms with Crippen LogP contribution in [0.1, 0.15) is 40.0 Å². The van der Waals surface area contributed by atoms with Crippen molar-refractivity contribution in [2.75, 3.05) is 6.54 Å². The van der Waals surface area contributed by atoms with Gasteiger partial charge in [-0.05, 0) is 26.7 Å². The topological polar surface area (TPSA) is 32.3 Å². The molecule has 1 rings (SSSR count). The van der Waals surface area contributed by atoms with Crippen LogP contribution in [0.5, 0.6) is 0 Å². The highest BCUT2D eigenvalue weighted by Gasteiger charge is 2.44. The highest BCUT2D eigenvalue weighted by atomic mass is 19.4. The number of amides is 1. The monoisotopic (exact) mass is 252 g/mol. The SMILES string of the molecule is CCC1(C)NC(C)N(CCCC(F)(F)F)C1=O. The van der Waals surface area contributed by atoms with Crippen LogP contribution in [0, 0.1) is 0 Å². The van der Waals surface area contributed by atoms with Gasteiger partial charge in [-0.25, -0.2) is 0 Å². The van der Waals surface area contributed by atoms with Crippen molar-refractivity contribution >= 4 is 5.91 Å². The highest BCUT2D eigenvalue weighted by molar-refractivity contribution is 5.88. The van der Waals surface area contributed by atoms with Crippen molar-refractivity contribution in [3.63, 3.8) is 0 Å². The van der Waals surface area contributed by atoms with Gasteiger partial charge in [-0.15, -0.1) is 0 Å². The summed E-state index contributed by atoms with van der Waals surface area (Å²) in [5.41, 5.74) is -0.627. The Balaban J connectivity index is 2.52. The van der Waals surface area contributed by atoms with Crippen LogP contribution in [0.4, 0.5) is 13.2 Å². The third-order valence-corrected chi connectivity index (χ3v) is 3.29. The van der Waals surface area contributed by atoms with Crippen LogP contribution in [0.25, 0.3) is 0 Å². The molecule has 1 amide bonds. The number of carbonyl (C=O) groups excluding carboxylic acids is 1. The average molecular weight is 252 g/mol. The minimum atomic E-state index is -4.15. The predicted molar refractivity (Wildman–Crippen MR) is 58.3 cm³/mol. The minimum Gasteiger partial charge on any atom is -0.326 e. The minimum absolute atomic E-state index is 0.0406. The largest absolute Gasteiger partial charge is 0.389 e. The van der Waals surface area contributed by atoms with Gasteiger partial charge in [0.25, 0.3) is 0 Å². The fourth-order valence-corrected chi connectivity index (χ4v) is 2.09. The summed E-state index contributed by atoms with van der Waals surface area (Å²) in [5.74, 6) is -0.102. The zero-order valence-corrected chi connectivity index (χ0v) is 10.4. The first-order valence-corrected chi connectivity index (χ1v) is 5.85. The van der Waals surface area contributed by atoms with Gasteiger partial charge in [0.15, 0.2) is 0 Å². The summed E-state index contributed by atoms with van der Waals surface area (Å²) in [5, 5.41) is 3.12.